The largest absolute Gasteiger partial charge is 0.329 e. The molecule has 2 heterocycles. The van der Waals surface area contributed by atoms with Gasteiger partial charge in [0.25, 0.3) is 0 Å². The second-order valence-electron chi connectivity index (χ2n) is 6.83. The average molecular weight is 256 g/mol. The Labute approximate surface area is 116 Å². The fraction of sp³-hybridized carbons (Fsp3) is 0.647. The Morgan fingerprint density at radius 2 is 1.53 bits per heavy atom. The van der Waals surface area contributed by atoms with Crippen LogP contribution in [0.25, 0.3) is 0 Å². The number of hydrogen-bond acceptors (Lipinski definition) is 2. The van der Waals surface area contributed by atoms with Crippen LogP contribution < -0.4 is 5.73 Å². The van der Waals surface area contributed by atoms with Crippen molar-refractivity contribution < 1.29 is 0 Å². The van der Waals surface area contributed by atoms with Crippen molar-refractivity contribution in [3.63, 3.8) is 0 Å². The van der Waals surface area contributed by atoms with Crippen molar-refractivity contribution in [1.82, 2.24) is 4.90 Å². The van der Waals surface area contributed by atoms with E-state index in [1.807, 2.05) is 0 Å². The Morgan fingerprint density at radius 1 is 0.947 bits per heavy atom. The Morgan fingerprint density at radius 3 is 2.05 bits per heavy atom. The highest BCUT2D eigenvalue weighted by molar-refractivity contribution is 5.21. The van der Waals surface area contributed by atoms with Crippen LogP contribution in [0.4, 0.5) is 0 Å². The molecule has 1 aromatic carbocycles. The van der Waals surface area contributed by atoms with Crippen LogP contribution in [0, 0.1) is 11.8 Å². The highest BCUT2D eigenvalue weighted by Gasteiger charge is 2.48. The monoisotopic (exact) mass is 256 g/mol. The summed E-state index contributed by atoms with van der Waals surface area (Å²) in [6.45, 7) is 0.756. The number of rotatable bonds is 3. The molecule has 1 aromatic rings. The summed E-state index contributed by atoms with van der Waals surface area (Å²) in [7, 11) is 0. The SMILES string of the molecule is NCC(c1ccccc1)N1C2CC3CC(C2)CC1C3. The van der Waals surface area contributed by atoms with Crippen molar-refractivity contribution in [3.05, 3.63) is 35.9 Å². The van der Waals surface area contributed by atoms with Gasteiger partial charge in [-0.3, -0.25) is 4.90 Å². The molecule has 0 spiro atoms. The minimum absolute atomic E-state index is 0.441. The third kappa shape index (κ3) is 1.93. The second-order valence-corrected chi connectivity index (χ2v) is 6.83. The Hall–Kier alpha value is -0.860. The van der Waals surface area contributed by atoms with Gasteiger partial charge in [0.05, 0.1) is 0 Å². The first-order chi connectivity index (χ1) is 9.35. The lowest BCUT2D eigenvalue weighted by Gasteiger charge is -2.58. The zero-order chi connectivity index (χ0) is 12.8. The third-order valence-electron chi connectivity index (χ3n) is 5.70. The summed E-state index contributed by atoms with van der Waals surface area (Å²) in [5.41, 5.74) is 7.56. The van der Waals surface area contributed by atoms with Crippen LogP contribution in [0.3, 0.4) is 0 Å². The average Bonchev–Trinajstić information content (AvgIpc) is 2.43. The third-order valence-corrected chi connectivity index (χ3v) is 5.70. The van der Waals surface area contributed by atoms with E-state index in [0.717, 1.165) is 30.5 Å². The van der Waals surface area contributed by atoms with E-state index in [2.05, 4.69) is 35.2 Å². The molecule has 2 aliphatic carbocycles. The van der Waals surface area contributed by atoms with Gasteiger partial charge in [-0.1, -0.05) is 30.3 Å². The van der Waals surface area contributed by atoms with E-state index < -0.39 is 0 Å². The van der Waals surface area contributed by atoms with Gasteiger partial charge in [-0.25, -0.2) is 0 Å². The van der Waals surface area contributed by atoms with Crippen molar-refractivity contribution in [3.8, 4) is 0 Å². The minimum atomic E-state index is 0.441. The minimum Gasteiger partial charge on any atom is -0.329 e. The molecule has 5 rings (SSSR count). The topological polar surface area (TPSA) is 29.3 Å². The van der Waals surface area contributed by atoms with Gasteiger partial charge in [0.1, 0.15) is 0 Å². The molecule has 1 atom stereocenters. The fourth-order valence-electron chi connectivity index (χ4n) is 5.18. The molecule has 4 aliphatic rings. The van der Waals surface area contributed by atoms with Gasteiger partial charge < -0.3 is 5.73 Å². The summed E-state index contributed by atoms with van der Waals surface area (Å²) in [5, 5.41) is 0. The lowest BCUT2D eigenvalue weighted by atomic mass is 9.63. The molecule has 0 radical (unpaired) electrons. The molecular formula is C17H24N2. The molecule has 2 saturated heterocycles. The van der Waals surface area contributed by atoms with E-state index in [9.17, 15) is 0 Å². The number of nitrogens with two attached hydrogens (primary N) is 1. The van der Waals surface area contributed by atoms with E-state index in [4.69, 9.17) is 5.73 Å². The van der Waals surface area contributed by atoms with E-state index in [-0.39, 0.29) is 0 Å². The highest BCUT2D eigenvalue weighted by Crippen LogP contribution is 2.51. The fourth-order valence-corrected chi connectivity index (χ4v) is 5.18. The van der Waals surface area contributed by atoms with Gasteiger partial charge >= 0.3 is 0 Å². The second kappa shape index (κ2) is 4.60. The maximum absolute atomic E-state index is 6.14. The van der Waals surface area contributed by atoms with Gasteiger partial charge in [-0.2, -0.15) is 0 Å². The summed E-state index contributed by atoms with van der Waals surface area (Å²) in [6.07, 6.45) is 7.22. The van der Waals surface area contributed by atoms with E-state index in [1.165, 1.54) is 37.7 Å². The summed E-state index contributed by atoms with van der Waals surface area (Å²) in [5.74, 6) is 2.04. The van der Waals surface area contributed by atoms with Crippen molar-refractivity contribution in [2.75, 3.05) is 6.54 Å². The molecule has 19 heavy (non-hydrogen) atoms. The van der Waals surface area contributed by atoms with Gasteiger partial charge in [0.2, 0.25) is 0 Å². The van der Waals surface area contributed by atoms with Crippen LogP contribution in [0.15, 0.2) is 30.3 Å². The molecule has 1 unspecified atom stereocenters. The summed E-state index contributed by atoms with van der Waals surface area (Å²) in [6, 6.07) is 13.0. The van der Waals surface area contributed by atoms with E-state index in [1.54, 1.807) is 0 Å². The molecule has 4 fully saturated rings. The smallest absolute Gasteiger partial charge is 0.0476 e. The zero-order valence-electron chi connectivity index (χ0n) is 11.5. The quantitative estimate of drug-likeness (QED) is 0.901. The molecule has 2 heteroatoms. The first kappa shape index (κ1) is 11.9. The Kier molecular flexibility index (Phi) is 2.89. The van der Waals surface area contributed by atoms with Crippen molar-refractivity contribution in [2.45, 2.75) is 50.2 Å². The lowest BCUT2D eigenvalue weighted by molar-refractivity contribution is -0.0814. The number of piperidine rings is 2. The lowest BCUT2D eigenvalue weighted by Crippen LogP contribution is -2.59. The van der Waals surface area contributed by atoms with E-state index >= 15 is 0 Å². The molecule has 2 nitrogen and oxygen atoms in total. The molecule has 2 saturated carbocycles. The van der Waals surface area contributed by atoms with Crippen molar-refractivity contribution in [1.29, 1.82) is 0 Å². The molecule has 0 aromatic heterocycles. The summed E-state index contributed by atoms with van der Waals surface area (Å²) in [4.78, 5) is 2.79. The molecular weight excluding hydrogens is 232 g/mol. The maximum atomic E-state index is 6.14. The first-order valence-corrected chi connectivity index (χ1v) is 7.87. The number of benzene rings is 1. The van der Waals surface area contributed by atoms with Crippen LogP contribution in [0.2, 0.25) is 0 Å². The number of nitrogens with zero attached hydrogens (tertiary/aromatic N) is 1. The Bertz CT molecular complexity index is 414. The molecule has 102 valence electrons. The predicted octanol–water partition coefficient (Wildman–Crippen LogP) is 2.95. The van der Waals surface area contributed by atoms with Crippen LogP contribution in [-0.2, 0) is 0 Å². The van der Waals surface area contributed by atoms with Crippen LogP contribution in [0.1, 0.15) is 43.7 Å². The summed E-state index contributed by atoms with van der Waals surface area (Å²) < 4.78 is 0. The standard InChI is InChI=1S/C17H24N2/c18-11-17(14-4-2-1-3-5-14)19-15-7-12-6-13(9-15)10-16(19)8-12/h1-5,12-13,15-17H,6-11,18H2. The molecule has 4 bridgehead atoms. The van der Waals surface area contributed by atoms with Crippen molar-refractivity contribution >= 4 is 0 Å². The zero-order valence-corrected chi connectivity index (χ0v) is 11.5. The molecule has 0 amide bonds. The van der Waals surface area contributed by atoms with Gasteiger partial charge in [0.15, 0.2) is 0 Å². The van der Waals surface area contributed by atoms with Crippen LogP contribution in [-0.4, -0.2) is 23.5 Å². The Balaban J connectivity index is 1.64. The van der Waals surface area contributed by atoms with Crippen LogP contribution >= 0.6 is 0 Å². The van der Waals surface area contributed by atoms with Gasteiger partial charge in [-0.15, -0.1) is 0 Å². The van der Waals surface area contributed by atoms with Gasteiger partial charge in [0, 0.05) is 24.7 Å². The number of hydrogen-bond donors (Lipinski definition) is 1. The molecule has 2 N–H and O–H groups in total. The van der Waals surface area contributed by atoms with Gasteiger partial charge in [-0.05, 0) is 49.5 Å². The predicted molar refractivity (Wildman–Crippen MR) is 77.7 cm³/mol. The maximum Gasteiger partial charge on any atom is 0.0476 e. The van der Waals surface area contributed by atoms with Crippen LogP contribution in [0.5, 0.6) is 0 Å². The molecule has 2 aliphatic heterocycles. The van der Waals surface area contributed by atoms with E-state index in [0.29, 0.717) is 6.04 Å². The normalized spacial score (nSPS) is 38.6. The van der Waals surface area contributed by atoms with Crippen molar-refractivity contribution in [2.24, 2.45) is 17.6 Å². The summed E-state index contributed by atoms with van der Waals surface area (Å²) >= 11 is 0. The highest BCUT2D eigenvalue weighted by atomic mass is 15.2. The first-order valence-electron chi connectivity index (χ1n) is 7.87.